The van der Waals surface area contributed by atoms with E-state index in [1.807, 2.05) is 4.90 Å². The average molecular weight is 535 g/mol. The molecule has 196 valence electrons. The fraction of sp³-hybridized carbons (Fsp3) is 0.435. The van der Waals surface area contributed by atoms with Crippen molar-refractivity contribution in [1.82, 2.24) is 19.0 Å². The Bertz CT molecular complexity index is 1450. The van der Waals surface area contributed by atoms with E-state index in [1.54, 1.807) is 9.47 Å². The van der Waals surface area contributed by atoms with Crippen LogP contribution in [0.3, 0.4) is 0 Å². The average Bonchev–Trinajstić information content (AvgIpc) is 3.58. The number of aromatic carboxylic acids is 1. The third-order valence-electron chi connectivity index (χ3n) is 6.74. The molecule has 1 atom stereocenters. The van der Waals surface area contributed by atoms with Gasteiger partial charge in [0, 0.05) is 45.0 Å². The number of pyridine rings is 1. The first-order valence-corrected chi connectivity index (χ1v) is 12.1. The van der Waals surface area contributed by atoms with E-state index in [1.165, 1.54) is 23.3 Å². The van der Waals surface area contributed by atoms with Crippen LogP contribution in [0.5, 0.6) is 0 Å². The van der Waals surface area contributed by atoms with Crippen LogP contribution in [-0.4, -0.2) is 79.0 Å². The highest BCUT2D eigenvalue weighted by atomic mass is 35.5. The summed E-state index contributed by atoms with van der Waals surface area (Å²) in [6, 6.07) is 1.08. The maximum absolute atomic E-state index is 15.3. The lowest BCUT2D eigenvalue weighted by atomic mass is 10.1. The van der Waals surface area contributed by atoms with E-state index in [-0.39, 0.29) is 34.5 Å². The molecule has 2 aromatic heterocycles. The van der Waals surface area contributed by atoms with E-state index in [9.17, 15) is 29.9 Å². The van der Waals surface area contributed by atoms with E-state index in [4.69, 9.17) is 11.6 Å². The number of carboxylic acids is 1. The molecule has 5 rings (SSSR count). The minimum Gasteiger partial charge on any atom is -0.477 e. The van der Waals surface area contributed by atoms with Gasteiger partial charge < -0.3 is 34.4 Å². The van der Waals surface area contributed by atoms with Gasteiger partial charge in [-0.15, -0.1) is 0 Å². The Morgan fingerprint density at radius 2 is 1.95 bits per heavy atom. The number of nitro groups is 1. The standard InChI is InChI=1S/C23H24ClFN6O6/c24-19-20-15(22(33)16(23(34)35)10-30(20)13-1-2-13)7-17(25)21(19)29-5-3-27(4-6-29)8-14(32)9-28-11-18(26-12-28)31(36)37/h7,10-14,32H,1-6,8-9H2,(H,34,35). The zero-order chi connectivity index (χ0) is 26.4. The molecule has 1 aliphatic heterocycles. The SMILES string of the molecule is O=C(O)c1cn(C2CC2)c2c(Cl)c(N3CCN(CC(O)Cn4cnc([N+](=O)[O-])c4)CC3)c(F)cc2c1=O. The third-order valence-corrected chi connectivity index (χ3v) is 7.10. The summed E-state index contributed by atoms with van der Waals surface area (Å²) >= 11 is 6.70. The molecule has 3 aromatic rings. The minimum absolute atomic E-state index is 0.00674. The molecule has 1 unspecified atom stereocenters. The second kappa shape index (κ2) is 9.72. The number of carboxylic acid groups (broad SMARTS) is 1. The van der Waals surface area contributed by atoms with Gasteiger partial charge in [0.15, 0.2) is 0 Å². The molecule has 2 aliphatic rings. The zero-order valence-electron chi connectivity index (χ0n) is 19.6. The molecule has 12 nitrogen and oxygen atoms in total. The van der Waals surface area contributed by atoms with Crippen LogP contribution in [0.2, 0.25) is 5.02 Å². The Balaban J connectivity index is 1.33. The molecule has 1 saturated heterocycles. The third kappa shape index (κ3) is 4.89. The fourth-order valence-corrected chi connectivity index (χ4v) is 5.22. The van der Waals surface area contributed by atoms with Crippen molar-refractivity contribution >= 4 is 40.0 Å². The van der Waals surface area contributed by atoms with E-state index in [2.05, 4.69) is 4.98 Å². The van der Waals surface area contributed by atoms with Gasteiger partial charge in [0.2, 0.25) is 11.8 Å². The number of imidazole rings is 1. The van der Waals surface area contributed by atoms with Gasteiger partial charge in [-0.25, -0.2) is 9.18 Å². The first kappa shape index (κ1) is 25.1. The maximum atomic E-state index is 15.3. The van der Waals surface area contributed by atoms with Gasteiger partial charge >= 0.3 is 11.8 Å². The number of aromatic nitrogens is 3. The zero-order valence-corrected chi connectivity index (χ0v) is 20.3. The number of carbonyl (C=O) groups is 1. The molecule has 0 radical (unpaired) electrons. The van der Waals surface area contributed by atoms with Gasteiger partial charge in [-0.05, 0) is 28.8 Å². The van der Waals surface area contributed by atoms with Crippen molar-refractivity contribution in [2.75, 3.05) is 37.6 Å². The van der Waals surface area contributed by atoms with E-state index in [0.29, 0.717) is 38.2 Å². The Kier molecular flexibility index (Phi) is 6.60. The number of aliphatic hydroxyl groups is 1. The number of β-amino-alcohol motifs (C(OH)–C–C–N with tert-alkyl or cyclic N) is 1. The van der Waals surface area contributed by atoms with Crippen molar-refractivity contribution in [3.05, 3.63) is 61.5 Å². The molecular formula is C23H24ClFN6O6. The number of piperazine rings is 1. The highest BCUT2D eigenvalue weighted by molar-refractivity contribution is 6.38. The summed E-state index contributed by atoms with van der Waals surface area (Å²) in [4.78, 5) is 42.0. The first-order chi connectivity index (χ1) is 17.6. The maximum Gasteiger partial charge on any atom is 0.381 e. The van der Waals surface area contributed by atoms with Crippen molar-refractivity contribution in [3.8, 4) is 0 Å². The van der Waals surface area contributed by atoms with Crippen LogP contribution in [0.15, 0.2) is 29.6 Å². The molecule has 3 heterocycles. The van der Waals surface area contributed by atoms with Gasteiger partial charge in [0.05, 0.1) is 34.3 Å². The van der Waals surface area contributed by atoms with Crippen molar-refractivity contribution in [2.45, 2.75) is 31.5 Å². The lowest BCUT2D eigenvalue weighted by Crippen LogP contribution is -2.49. The molecule has 0 amide bonds. The van der Waals surface area contributed by atoms with Crippen molar-refractivity contribution < 1.29 is 24.3 Å². The number of nitrogens with zero attached hydrogens (tertiary/aromatic N) is 6. The van der Waals surface area contributed by atoms with Crippen molar-refractivity contribution in [2.24, 2.45) is 0 Å². The molecular weight excluding hydrogens is 511 g/mol. The number of halogens is 2. The second-order valence-electron chi connectivity index (χ2n) is 9.36. The first-order valence-electron chi connectivity index (χ1n) is 11.8. The number of hydrogen-bond acceptors (Lipinski definition) is 8. The van der Waals surface area contributed by atoms with E-state index < -0.39 is 33.8 Å². The Morgan fingerprint density at radius 1 is 1.24 bits per heavy atom. The van der Waals surface area contributed by atoms with Crippen LogP contribution in [0, 0.1) is 15.9 Å². The largest absolute Gasteiger partial charge is 0.477 e. The van der Waals surface area contributed by atoms with Gasteiger partial charge in [0.25, 0.3) is 0 Å². The number of rotatable bonds is 8. The summed E-state index contributed by atoms with van der Waals surface area (Å²) < 4.78 is 18.4. The van der Waals surface area contributed by atoms with Gasteiger partial charge in [-0.3, -0.25) is 9.69 Å². The molecule has 37 heavy (non-hydrogen) atoms. The molecule has 1 saturated carbocycles. The predicted molar refractivity (Wildman–Crippen MR) is 132 cm³/mol. The van der Waals surface area contributed by atoms with Crippen molar-refractivity contribution in [1.29, 1.82) is 0 Å². The van der Waals surface area contributed by atoms with Crippen LogP contribution in [0.4, 0.5) is 15.9 Å². The van der Waals surface area contributed by atoms with Gasteiger partial charge in [0.1, 0.15) is 17.6 Å². The van der Waals surface area contributed by atoms with E-state index in [0.717, 1.165) is 18.9 Å². The normalized spacial score (nSPS) is 17.3. The van der Waals surface area contributed by atoms with Crippen LogP contribution in [0.25, 0.3) is 10.9 Å². The van der Waals surface area contributed by atoms with Crippen molar-refractivity contribution in [3.63, 3.8) is 0 Å². The van der Waals surface area contributed by atoms with Crippen LogP contribution in [0.1, 0.15) is 29.2 Å². The molecule has 2 fully saturated rings. The van der Waals surface area contributed by atoms with Crippen LogP contribution in [-0.2, 0) is 6.54 Å². The highest BCUT2D eigenvalue weighted by Crippen LogP contribution is 2.42. The quantitative estimate of drug-likeness (QED) is 0.327. The summed E-state index contributed by atoms with van der Waals surface area (Å²) in [5.74, 6) is -2.36. The molecule has 14 heteroatoms. The number of benzene rings is 1. The Hall–Kier alpha value is -3.55. The summed E-state index contributed by atoms with van der Waals surface area (Å²) in [5.41, 5.74) is -0.686. The van der Waals surface area contributed by atoms with E-state index >= 15 is 4.39 Å². The topological polar surface area (TPSA) is 147 Å². The van der Waals surface area contributed by atoms with Gasteiger partial charge in [-0.2, -0.15) is 0 Å². The Labute approximate surface area is 214 Å². The lowest BCUT2D eigenvalue weighted by molar-refractivity contribution is -0.389. The summed E-state index contributed by atoms with van der Waals surface area (Å²) in [7, 11) is 0. The van der Waals surface area contributed by atoms with Gasteiger partial charge in [-0.1, -0.05) is 11.6 Å². The number of fused-ring (bicyclic) bond motifs is 1. The number of aliphatic hydroxyl groups excluding tert-OH is 1. The Morgan fingerprint density at radius 3 is 2.54 bits per heavy atom. The smallest absolute Gasteiger partial charge is 0.381 e. The summed E-state index contributed by atoms with van der Waals surface area (Å²) in [5, 5.41) is 30.7. The monoisotopic (exact) mass is 534 g/mol. The second-order valence-corrected chi connectivity index (χ2v) is 9.74. The highest BCUT2D eigenvalue weighted by Gasteiger charge is 2.31. The minimum atomic E-state index is -1.37. The molecule has 0 bridgehead atoms. The predicted octanol–water partition coefficient (Wildman–Crippen LogP) is 2.11. The molecule has 0 spiro atoms. The number of anilines is 1. The summed E-state index contributed by atoms with van der Waals surface area (Å²) in [6.07, 6.45) is 4.68. The fourth-order valence-electron chi connectivity index (χ4n) is 4.81. The molecule has 1 aromatic carbocycles. The lowest BCUT2D eigenvalue weighted by Gasteiger charge is -2.37. The van der Waals surface area contributed by atoms with Crippen LogP contribution < -0.4 is 10.3 Å². The molecule has 1 aliphatic carbocycles. The summed E-state index contributed by atoms with van der Waals surface area (Å²) in [6.45, 7) is 2.28. The number of hydrogen-bond donors (Lipinski definition) is 2. The molecule has 2 N–H and O–H groups in total. The van der Waals surface area contributed by atoms with Crippen LogP contribution >= 0.6 is 11.6 Å².